The predicted octanol–water partition coefficient (Wildman–Crippen LogP) is 4.33. The Hall–Kier alpha value is -4.04. The molecule has 0 radical (unpaired) electrons. The summed E-state index contributed by atoms with van der Waals surface area (Å²) in [7, 11) is 0. The molecular weight excluding hydrogens is 422 g/mol. The van der Waals surface area contributed by atoms with Crippen molar-refractivity contribution in [2.75, 3.05) is 11.9 Å². The molecule has 0 fully saturated rings. The van der Waals surface area contributed by atoms with E-state index in [4.69, 9.17) is 17.0 Å². The molecule has 4 aromatic rings. The molecule has 0 aliphatic carbocycles. The quantitative estimate of drug-likeness (QED) is 0.313. The zero-order valence-electron chi connectivity index (χ0n) is 17.3. The first-order valence-corrected chi connectivity index (χ1v) is 10.5. The fourth-order valence-electron chi connectivity index (χ4n) is 3.18. The number of pyridine rings is 2. The molecule has 0 spiro atoms. The minimum atomic E-state index is -0.324. The Morgan fingerprint density at radius 3 is 2.50 bits per heavy atom. The van der Waals surface area contributed by atoms with E-state index in [9.17, 15) is 4.79 Å². The third-order valence-electron chi connectivity index (χ3n) is 4.65. The second-order valence-electron chi connectivity index (χ2n) is 6.80. The third kappa shape index (κ3) is 4.98. The van der Waals surface area contributed by atoms with Crippen molar-refractivity contribution >= 4 is 39.8 Å². The molecule has 4 rings (SSSR count). The van der Waals surface area contributed by atoms with Crippen LogP contribution in [0.15, 0.2) is 79.1 Å². The number of fused-ring (bicyclic) bond motifs is 1. The number of ether oxygens (including phenoxy) is 1. The maximum atomic E-state index is 13.0. The van der Waals surface area contributed by atoms with E-state index in [-0.39, 0.29) is 11.0 Å². The van der Waals surface area contributed by atoms with Crippen LogP contribution in [0.4, 0.5) is 5.69 Å². The lowest BCUT2D eigenvalue weighted by molar-refractivity contribution is 0.0946. The van der Waals surface area contributed by atoms with E-state index in [1.165, 1.54) is 0 Å². The van der Waals surface area contributed by atoms with Gasteiger partial charge in [-0.05, 0) is 67.7 Å². The summed E-state index contributed by atoms with van der Waals surface area (Å²) < 4.78 is 5.43. The molecule has 0 saturated heterocycles. The van der Waals surface area contributed by atoms with Crippen LogP contribution in [0.3, 0.4) is 0 Å². The molecule has 160 valence electrons. The van der Waals surface area contributed by atoms with E-state index >= 15 is 0 Å². The number of anilines is 1. The van der Waals surface area contributed by atoms with Crippen LogP contribution in [0.1, 0.15) is 17.3 Å². The average molecular weight is 444 g/mol. The molecule has 8 heteroatoms. The Morgan fingerprint density at radius 1 is 1.00 bits per heavy atom. The van der Waals surface area contributed by atoms with E-state index in [0.29, 0.717) is 17.9 Å². The van der Waals surface area contributed by atoms with Gasteiger partial charge in [-0.15, -0.1) is 0 Å². The van der Waals surface area contributed by atoms with Gasteiger partial charge in [-0.25, -0.2) is 4.98 Å². The number of benzene rings is 2. The summed E-state index contributed by atoms with van der Waals surface area (Å²) in [5.41, 5.74) is 8.96. The van der Waals surface area contributed by atoms with Crippen LogP contribution in [0.25, 0.3) is 22.2 Å². The summed E-state index contributed by atoms with van der Waals surface area (Å²) in [6.45, 7) is 2.53. The number of nitrogens with zero attached hydrogens (tertiary/aromatic N) is 2. The Labute approximate surface area is 190 Å². The number of nitrogens with one attached hydrogen (secondary N) is 3. The van der Waals surface area contributed by atoms with Crippen molar-refractivity contribution in [3.8, 4) is 17.0 Å². The van der Waals surface area contributed by atoms with Gasteiger partial charge in [0.1, 0.15) is 5.75 Å². The van der Waals surface area contributed by atoms with E-state index in [1.54, 1.807) is 18.5 Å². The lowest BCUT2D eigenvalue weighted by Crippen LogP contribution is -2.43. The molecule has 1 amide bonds. The average Bonchev–Trinajstić information content (AvgIpc) is 2.84. The number of carbonyl (C=O) groups is 1. The summed E-state index contributed by atoms with van der Waals surface area (Å²) in [6, 6.07) is 20.4. The second kappa shape index (κ2) is 9.84. The summed E-state index contributed by atoms with van der Waals surface area (Å²) in [5.74, 6) is 0.453. The van der Waals surface area contributed by atoms with Crippen LogP contribution in [0.2, 0.25) is 0 Å². The number of rotatable bonds is 5. The van der Waals surface area contributed by atoms with Crippen LogP contribution in [-0.2, 0) is 0 Å². The number of hydrogen-bond donors (Lipinski definition) is 3. The van der Waals surface area contributed by atoms with Crippen molar-refractivity contribution in [2.24, 2.45) is 0 Å². The zero-order chi connectivity index (χ0) is 22.3. The molecule has 0 atom stereocenters. The van der Waals surface area contributed by atoms with Crippen molar-refractivity contribution in [3.63, 3.8) is 0 Å². The Balaban J connectivity index is 1.49. The van der Waals surface area contributed by atoms with Crippen molar-refractivity contribution in [3.05, 3.63) is 84.7 Å². The molecule has 0 saturated carbocycles. The van der Waals surface area contributed by atoms with Gasteiger partial charge >= 0.3 is 0 Å². The van der Waals surface area contributed by atoms with Gasteiger partial charge in [0.05, 0.1) is 23.4 Å². The molecular formula is C24H21N5O2S. The normalized spacial score (nSPS) is 10.4. The van der Waals surface area contributed by atoms with Gasteiger partial charge in [0.15, 0.2) is 5.11 Å². The van der Waals surface area contributed by atoms with Crippen molar-refractivity contribution in [1.82, 2.24) is 20.8 Å². The van der Waals surface area contributed by atoms with Gasteiger partial charge in [-0.2, -0.15) is 0 Å². The maximum absolute atomic E-state index is 13.0. The third-order valence-corrected chi connectivity index (χ3v) is 4.85. The number of carbonyl (C=O) groups excluding carboxylic acids is 1. The number of amides is 1. The Kier molecular flexibility index (Phi) is 6.52. The highest BCUT2D eigenvalue weighted by Gasteiger charge is 2.14. The van der Waals surface area contributed by atoms with E-state index in [2.05, 4.69) is 26.1 Å². The highest BCUT2D eigenvalue weighted by Crippen LogP contribution is 2.24. The summed E-state index contributed by atoms with van der Waals surface area (Å²) in [4.78, 5) is 21.7. The minimum Gasteiger partial charge on any atom is -0.494 e. The number of thiocarbonyl (C=S) groups is 1. The minimum absolute atomic E-state index is 0.259. The van der Waals surface area contributed by atoms with Gasteiger partial charge in [0, 0.05) is 29.0 Å². The molecule has 3 N–H and O–H groups in total. The smallest absolute Gasteiger partial charge is 0.270 e. The highest BCUT2D eigenvalue weighted by molar-refractivity contribution is 7.80. The summed E-state index contributed by atoms with van der Waals surface area (Å²) in [5, 5.41) is 4.03. The van der Waals surface area contributed by atoms with Gasteiger partial charge < -0.3 is 10.1 Å². The molecule has 0 unspecified atom stereocenters. The standard InChI is InChI=1S/C24H21N5O2S/c1-2-31-18-9-7-17(8-10-18)26-24(32)29-28-23(30)20-15-22(16-11-13-25-14-12-16)27-21-6-4-3-5-19(20)21/h3-15H,2H2,1H3,(H,28,30)(H2,26,29,32). The van der Waals surface area contributed by atoms with Gasteiger partial charge in [0.25, 0.3) is 5.91 Å². The lowest BCUT2D eigenvalue weighted by Gasteiger charge is -2.14. The SMILES string of the molecule is CCOc1ccc(NC(=S)NNC(=O)c2cc(-c3ccncc3)nc3ccccc23)cc1. The molecule has 0 bridgehead atoms. The van der Waals surface area contributed by atoms with E-state index in [1.807, 2.05) is 67.6 Å². The first-order chi connectivity index (χ1) is 15.6. The Morgan fingerprint density at radius 2 is 1.75 bits per heavy atom. The molecule has 7 nitrogen and oxygen atoms in total. The van der Waals surface area contributed by atoms with Crippen LogP contribution in [-0.4, -0.2) is 27.6 Å². The summed E-state index contributed by atoms with van der Waals surface area (Å²) >= 11 is 5.30. The molecule has 0 aliphatic heterocycles. The monoisotopic (exact) mass is 443 g/mol. The molecule has 2 heterocycles. The molecule has 0 aliphatic rings. The molecule has 32 heavy (non-hydrogen) atoms. The molecule has 2 aromatic heterocycles. The fourth-order valence-corrected chi connectivity index (χ4v) is 3.35. The largest absolute Gasteiger partial charge is 0.494 e. The van der Waals surface area contributed by atoms with Crippen molar-refractivity contribution < 1.29 is 9.53 Å². The first-order valence-electron chi connectivity index (χ1n) is 10.0. The Bertz CT molecular complexity index is 1250. The number of hydrogen-bond acceptors (Lipinski definition) is 5. The van der Waals surface area contributed by atoms with E-state index in [0.717, 1.165) is 27.9 Å². The van der Waals surface area contributed by atoms with Crippen molar-refractivity contribution in [1.29, 1.82) is 0 Å². The zero-order valence-corrected chi connectivity index (χ0v) is 18.1. The predicted molar refractivity (Wildman–Crippen MR) is 129 cm³/mol. The second-order valence-corrected chi connectivity index (χ2v) is 7.21. The number of aromatic nitrogens is 2. The van der Waals surface area contributed by atoms with Crippen LogP contribution in [0, 0.1) is 0 Å². The van der Waals surface area contributed by atoms with Gasteiger partial charge in [-0.1, -0.05) is 18.2 Å². The first kappa shape index (κ1) is 21.2. The van der Waals surface area contributed by atoms with Gasteiger partial charge in [0.2, 0.25) is 0 Å². The van der Waals surface area contributed by atoms with Crippen molar-refractivity contribution in [2.45, 2.75) is 6.92 Å². The van der Waals surface area contributed by atoms with Gasteiger partial charge in [-0.3, -0.25) is 20.6 Å². The van der Waals surface area contributed by atoms with Crippen LogP contribution >= 0.6 is 12.2 Å². The maximum Gasteiger partial charge on any atom is 0.270 e. The fraction of sp³-hybridized carbons (Fsp3) is 0.0833. The summed E-state index contributed by atoms with van der Waals surface area (Å²) in [6.07, 6.45) is 3.39. The lowest BCUT2D eigenvalue weighted by atomic mass is 10.0. The number of para-hydroxylation sites is 1. The molecule has 2 aromatic carbocycles. The highest BCUT2D eigenvalue weighted by atomic mass is 32.1. The number of hydrazine groups is 1. The topological polar surface area (TPSA) is 88.2 Å². The van der Waals surface area contributed by atoms with E-state index < -0.39 is 0 Å². The van der Waals surface area contributed by atoms with Crippen LogP contribution in [0.5, 0.6) is 5.75 Å². The van der Waals surface area contributed by atoms with Crippen LogP contribution < -0.4 is 20.9 Å².